The Balaban J connectivity index is 2.14. The molecule has 1 saturated heterocycles. The quantitative estimate of drug-likeness (QED) is 0.834. The van der Waals surface area contributed by atoms with Gasteiger partial charge in [-0.05, 0) is 28.9 Å². The number of rotatable bonds is 1. The van der Waals surface area contributed by atoms with Crippen LogP contribution in [0.1, 0.15) is 4.88 Å². The third-order valence-electron chi connectivity index (χ3n) is 2.27. The van der Waals surface area contributed by atoms with Crippen LogP contribution in [-0.2, 0) is 0 Å². The molecule has 0 spiro atoms. The molecule has 0 unspecified atom stereocenters. The van der Waals surface area contributed by atoms with Gasteiger partial charge in [0.2, 0.25) is 0 Å². The molecule has 0 bridgehead atoms. The van der Waals surface area contributed by atoms with Crippen molar-refractivity contribution in [2.75, 3.05) is 31.1 Å². The second-order valence-corrected chi connectivity index (χ2v) is 5.31. The zero-order chi connectivity index (χ0) is 9.26. The van der Waals surface area contributed by atoms with Crippen molar-refractivity contribution in [1.82, 2.24) is 5.32 Å². The van der Waals surface area contributed by atoms with E-state index in [-0.39, 0.29) is 0 Å². The lowest BCUT2D eigenvalue weighted by Crippen LogP contribution is -2.43. The topological polar surface area (TPSA) is 15.3 Å². The van der Waals surface area contributed by atoms with Crippen molar-refractivity contribution in [3.05, 3.63) is 15.4 Å². The maximum atomic E-state index is 3.55. The van der Waals surface area contributed by atoms with E-state index in [4.69, 9.17) is 0 Å². The van der Waals surface area contributed by atoms with Crippen LogP contribution < -0.4 is 10.2 Å². The predicted octanol–water partition coefficient (Wildman–Crippen LogP) is 2.23. The van der Waals surface area contributed by atoms with E-state index in [0.717, 1.165) is 26.2 Å². The van der Waals surface area contributed by atoms with E-state index in [1.54, 1.807) is 0 Å². The first-order chi connectivity index (χ1) is 6.27. The molecular formula is C9H13BrN2S. The molecule has 1 aromatic rings. The molecule has 1 aromatic heterocycles. The third kappa shape index (κ3) is 2.06. The van der Waals surface area contributed by atoms with Crippen molar-refractivity contribution >= 4 is 32.3 Å². The summed E-state index contributed by atoms with van der Waals surface area (Å²) in [4.78, 5) is 3.81. The SMILES string of the molecule is Cc1sc(N2CCNCC2)cc1Br. The zero-order valence-electron chi connectivity index (χ0n) is 7.64. The molecule has 2 rings (SSSR count). The van der Waals surface area contributed by atoms with Gasteiger partial charge >= 0.3 is 0 Å². The van der Waals surface area contributed by atoms with Gasteiger partial charge in [-0.3, -0.25) is 0 Å². The van der Waals surface area contributed by atoms with Gasteiger partial charge in [-0.15, -0.1) is 11.3 Å². The van der Waals surface area contributed by atoms with Gasteiger partial charge in [0.05, 0.1) is 5.00 Å². The van der Waals surface area contributed by atoms with Crippen LogP contribution in [0.5, 0.6) is 0 Å². The van der Waals surface area contributed by atoms with Gasteiger partial charge in [0.1, 0.15) is 0 Å². The van der Waals surface area contributed by atoms with Crippen molar-refractivity contribution < 1.29 is 0 Å². The van der Waals surface area contributed by atoms with Crippen LogP contribution in [0.3, 0.4) is 0 Å². The van der Waals surface area contributed by atoms with Gasteiger partial charge in [-0.1, -0.05) is 0 Å². The van der Waals surface area contributed by atoms with Gasteiger partial charge in [0.15, 0.2) is 0 Å². The number of hydrogen-bond acceptors (Lipinski definition) is 3. The Labute approximate surface area is 91.1 Å². The summed E-state index contributed by atoms with van der Waals surface area (Å²) in [6.07, 6.45) is 0. The van der Waals surface area contributed by atoms with Crippen LogP contribution in [0.15, 0.2) is 10.5 Å². The Morgan fingerprint density at radius 2 is 2.15 bits per heavy atom. The van der Waals surface area contributed by atoms with Crippen molar-refractivity contribution in [2.24, 2.45) is 0 Å². The molecule has 72 valence electrons. The molecule has 4 heteroatoms. The molecule has 0 saturated carbocycles. The third-order valence-corrected chi connectivity index (χ3v) is 4.47. The van der Waals surface area contributed by atoms with E-state index in [1.807, 2.05) is 11.3 Å². The lowest BCUT2D eigenvalue weighted by Gasteiger charge is -2.27. The highest BCUT2D eigenvalue weighted by Gasteiger charge is 2.13. The standard InChI is InChI=1S/C9H13BrN2S/c1-7-8(10)6-9(13-7)12-4-2-11-3-5-12/h6,11H,2-5H2,1H3. The molecule has 1 aliphatic rings. The first-order valence-corrected chi connectivity index (χ1v) is 6.10. The number of halogens is 1. The molecule has 13 heavy (non-hydrogen) atoms. The van der Waals surface area contributed by atoms with Crippen molar-refractivity contribution in [3.63, 3.8) is 0 Å². The maximum Gasteiger partial charge on any atom is 0.0923 e. The van der Waals surface area contributed by atoms with Gasteiger partial charge in [-0.2, -0.15) is 0 Å². The molecule has 1 N–H and O–H groups in total. The second kappa shape index (κ2) is 3.98. The number of nitrogens with zero attached hydrogens (tertiary/aromatic N) is 1. The molecule has 1 fully saturated rings. The summed E-state index contributed by atoms with van der Waals surface area (Å²) in [5.74, 6) is 0. The fraction of sp³-hybridized carbons (Fsp3) is 0.556. The molecule has 0 atom stereocenters. The predicted molar refractivity (Wildman–Crippen MR) is 61.8 cm³/mol. The summed E-state index contributed by atoms with van der Waals surface area (Å²) in [5, 5.41) is 4.75. The highest BCUT2D eigenvalue weighted by Crippen LogP contribution is 2.33. The minimum atomic E-state index is 1.11. The highest BCUT2D eigenvalue weighted by atomic mass is 79.9. The average molecular weight is 261 g/mol. The summed E-state index contributed by atoms with van der Waals surface area (Å²) in [7, 11) is 0. The number of anilines is 1. The Morgan fingerprint density at radius 3 is 2.69 bits per heavy atom. The Hall–Kier alpha value is -0.0600. The van der Waals surface area contributed by atoms with Crippen LogP contribution in [0.4, 0.5) is 5.00 Å². The number of piperazine rings is 1. The molecular weight excluding hydrogens is 248 g/mol. The van der Waals surface area contributed by atoms with E-state index in [0.29, 0.717) is 0 Å². The fourth-order valence-corrected chi connectivity index (χ4v) is 3.06. The van der Waals surface area contributed by atoms with Crippen LogP contribution in [0.2, 0.25) is 0 Å². The monoisotopic (exact) mass is 260 g/mol. The summed E-state index contributed by atoms with van der Waals surface area (Å²) in [6.45, 7) is 6.63. The van der Waals surface area contributed by atoms with Gasteiger partial charge in [0, 0.05) is 35.5 Å². The lowest BCUT2D eigenvalue weighted by atomic mass is 10.4. The van der Waals surface area contributed by atoms with Crippen LogP contribution in [-0.4, -0.2) is 26.2 Å². The molecule has 0 aliphatic carbocycles. The fourth-order valence-electron chi connectivity index (χ4n) is 1.49. The van der Waals surface area contributed by atoms with Crippen LogP contribution in [0.25, 0.3) is 0 Å². The normalized spacial score (nSPS) is 17.8. The highest BCUT2D eigenvalue weighted by molar-refractivity contribution is 9.10. The Kier molecular flexibility index (Phi) is 2.91. The number of thiophene rings is 1. The molecule has 0 amide bonds. The van der Waals surface area contributed by atoms with Crippen molar-refractivity contribution in [1.29, 1.82) is 0 Å². The molecule has 2 heterocycles. The Morgan fingerprint density at radius 1 is 1.46 bits per heavy atom. The van der Waals surface area contributed by atoms with E-state index >= 15 is 0 Å². The van der Waals surface area contributed by atoms with Crippen LogP contribution in [0, 0.1) is 6.92 Å². The van der Waals surface area contributed by atoms with Crippen molar-refractivity contribution in [2.45, 2.75) is 6.92 Å². The number of hydrogen-bond donors (Lipinski definition) is 1. The minimum Gasteiger partial charge on any atom is -0.361 e. The first-order valence-electron chi connectivity index (χ1n) is 4.49. The van der Waals surface area contributed by atoms with Gasteiger partial charge in [0.25, 0.3) is 0 Å². The molecule has 0 radical (unpaired) electrons. The Bertz CT molecular complexity index is 272. The van der Waals surface area contributed by atoms with Crippen LogP contribution >= 0.6 is 27.3 Å². The maximum absolute atomic E-state index is 3.55. The molecule has 0 aromatic carbocycles. The zero-order valence-corrected chi connectivity index (χ0v) is 10.0. The minimum absolute atomic E-state index is 1.11. The van der Waals surface area contributed by atoms with Gasteiger partial charge < -0.3 is 10.2 Å². The lowest BCUT2D eigenvalue weighted by molar-refractivity contribution is 0.592. The number of nitrogens with one attached hydrogen (secondary N) is 1. The summed E-state index contributed by atoms with van der Waals surface area (Å²) in [5.41, 5.74) is 0. The first kappa shape index (κ1) is 9.49. The van der Waals surface area contributed by atoms with Crippen molar-refractivity contribution in [3.8, 4) is 0 Å². The summed E-state index contributed by atoms with van der Waals surface area (Å²) < 4.78 is 1.24. The van der Waals surface area contributed by atoms with E-state index in [9.17, 15) is 0 Å². The number of aryl methyl sites for hydroxylation is 1. The second-order valence-electron chi connectivity index (χ2n) is 3.23. The van der Waals surface area contributed by atoms with Gasteiger partial charge in [-0.25, -0.2) is 0 Å². The summed E-state index contributed by atoms with van der Waals surface area (Å²) in [6, 6.07) is 2.23. The largest absolute Gasteiger partial charge is 0.361 e. The molecule has 1 aliphatic heterocycles. The summed E-state index contributed by atoms with van der Waals surface area (Å²) >= 11 is 5.42. The average Bonchev–Trinajstić information content (AvgIpc) is 2.49. The van der Waals surface area contributed by atoms with E-state index in [1.165, 1.54) is 14.4 Å². The van der Waals surface area contributed by atoms with E-state index < -0.39 is 0 Å². The smallest absolute Gasteiger partial charge is 0.0923 e. The molecule has 2 nitrogen and oxygen atoms in total. The van der Waals surface area contributed by atoms with E-state index in [2.05, 4.69) is 39.1 Å².